The summed E-state index contributed by atoms with van der Waals surface area (Å²) in [6.45, 7) is 1.99. The molecule has 2 aromatic rings. The maximum Gasteiger partial charge on any atom is 0.345 e. The zero-order valence-corrected chi connectivity index (χ0v) is 9.78. The molecule has 0 unspecified atom stereocenters. The van der Waals surface area contributed by atoms with E-state index in [9.17, 15) is 4.79 Å². The average molecular weight is 271 g/mol. The quantitative estimate of drug-likeness (QED) is 0.859. The minimum atomic E-state index is -0.861. The number of aromatic carboxylic acids is 1. The van der Waals surface area contributed by atoms with Gasteiger partial charge in [-0.2, -0.15) is 0 Å². The van der Waals surface area contributed by atoms with Crippen molar-refractivity contribution in [2.45, 2.75) is 6.92 Å². The second kappa shape index (κ2) is 3.37. The number of carboxylic acid groups (broad SMARTS) is 1. The lowest BCUT2D eigenvalue weighted by Crippen LogP contribution is -1.89. The SMILES string of the molecule is Cc1cc2cc(C(=O)O)sc2cc1Br. The molecule has 0 saturated carbocycles. The summed E-state index contributed by atoms with van der Waals surface area (Å²) in [4.78, 5) is 11.1. The minimum absolute atomic E-state index is 0.387. The number of hydrogen-bond acceptors (Lipinski definition) is 2. The van der Waals surface area contributed by atoms with Gasteiger partial charge in [0.25, 0.3) is 0 Å². The van der Waals surface area contributed by atoms with Crippen molar-refractivity contribution in [2.24, 2.45) is 0 Å². The van der Waals surface area contributed by atoms with E-state index in [4.69, 9.17) is 5.11 Å². The molecule has 1 N–H and O–H groups in total. The molecule has 0 radical (unpaired) electrons. The van der Waals surface area contributed by atoms with Crippen LogP contribution in [-0.2, 0) is 0 Å². The van der Waals surface area contributed by atoms with Gasteiger partial charge in [-0.1, -0.05) is 15.9 Å². The van der Waals surface area contributed by atoms with Gasteiger partial charge >= 0.3 is 5.97 Å². The van der Waals surface area contributed by atoms with Crippen molar-refractivity contribution >= 4 is 43.3 Å². The van der Waals surface area contributed by atoms with Crippen molar-refractivity contribution in [3.63, 3.8) is 0 Å². The Hall–Kier alpha value is -0.870. The van der Waals surface area contributed by atoms with Gasteiger partial charge in [0.05, 0.1) is 0 Å². The third kappa shape index (κ3) is 1.55. The Morgan fingerprint density at radius 1 is 1.43 bits per heavy atom. The molecule has 0 aliphatic heterocycles. The maximum atomic E-state index is 10.7. The van der Waals surface area contributed by atoms with Crippen LogP contribution in [0.25, 0.3) is 10.1 Å². The molecule has 2 rings (SSSR count). The largest absolute Gasteiger partial charge is 0.477 e. The Kier molecular flexibility index (Phi) is 2.33. The van der Waals surface area contributed by atoms with E-state index in [1.165, 1.54) is 11.3 Å². The molecule has 1 heterocycles. The molecule has 0 aliphatic rings. The molecule has 0 bridgehead atoms. The van der Waals surface area contributed by atoms with Gasteiger partial charge < -0.3 is 5.11 Å². The lowest BCUT2D eigenvalue weighted by atomic mass is 10.2. The molecule has 0 saturated heterocycles. The summed E-state index contributed by atoms with van der Waals surface area (Å²) in [7, 11) is 0. The van der Waals surface area contributed by atoms with Crippen LogP contribution in [0.5, 0.6) is 0 Å². The van der Waals surface area contributed by atoms with Crippen molar-refractivity contribution in [3.8, 4) is 0 Å². The second-order valence-corrected chi connectivity index (χ2v) is 4.99. The molecular formula is C10H7BrO2S. The molecule has 1 aromatic carbocycles. The normalized spacial score (nSPS) is 10.7. The molecule has 2 nitrogen and oxygen atoms in total. The Balaban J connectivity index is 2.72. The van der Waals surface area contributed by atoms with E-state index in [-0.39, 0.29) is 0 Å². The van der Waals surface area contributed by atoms with Crippen molar-refractivity contribution in [3.05, 3.63) is 33.1 Å². The highest BCUT2D eigenvalue weighted by Crippen LogP contribution is 2.30. The first-order valence-corrected chi connectivity index (χ1v) is 5.62. The number of halogens is 1. The van der Waals surface area contributed by atoms with E-state index in [0.29, 0.717) is 4.88 Å². The lowest BCUT2D eigenvalue weighted by Gasteiger charge is -1.96. The van der Waals surface area contributed by atoms with Gasteiger partial charge in [-0.05, 0) is 36.1 Å². The topological polar surface area (TPSA) is 37.3 Å². The molecule has 1 aromatic heterocycles. The van der Waals surface area contributed by atoms with Crippen molar-refractivity contribution < 1.29 is 9.90 Å². The number of rotatable bonds is 1. The molecule has 72 valence electrons. The average Bonchev–Trinajstić information content (AvgIpc) is 2.48. The summed E-state index contributed by atoms with van der Waals surface area (Å²) in [5.41, 5.74) is 1.12. The highest BCUT2D eigenvalue weighted by atomic mass is 79.9. The van der Waals surface area contributed by atoms with Crippen LogP contribution in [0.4, 0.5) is 0 Å². The number of carbonyl (C=O) groups is 1. The van der Waals surface area contributed by atoms with E-state index in [1.54, 1.807) is 6.07 Å². The third-order valence-electron chi connectivity index (χ3n) is 2.01. The number of hydrogen-bond donors (Lipinski definition) is 1. The lowest BCUT2D eigenvalue weighted by molar-refractivity contribution is 0.0702. The van der Waals surface area contributed by atoms with Gasteiger partial charge in [-0.15, -0.1) is 11.3 Å². The van der Waals surface area contributed by atoms with E-state index in [0.717, 1.165) is 20.1 Å². The van der Waals surface area contributed by atoms with E-state index >= 15 is 0 Å². The highest BCUT2D eigenvalue weighted by Gasteiger charge is 2.09. The molecule has 0 aliphatic carbocycles. The Labute approximate surface area is 93.3 Å². The summed E-state index contributed by atoms with van der Waals surface area (Å²) in [5.74, 6) is -0.861. The Morgan fingerprint density at radius 2 is 2.14 bits per heavy atom. The monoisotopic (exact) mass is 270 g/mol. The smallest absolute Gasteiger partial charge is 0.345 e. The minimum Gasteiger partial charge on any atom is -0.477 e. The molecule has 4 heteroatoms. The van der Waals surface area contributed by atoms with Crippen LogP contribution >= 0.6 is 27.3 Å². The van der Waals surface area contributed by atoms with Crippen LogP contribution in [-0.4, -0.2) is 11.1 Å². The first-order chi connectivity index (χ1) is 6.58. The van der Waals surface area contributed by atoms with Crippen LogP contribution in [0.3, 0.4) is 0 Å². The van der Waals surface area contributed by atoms with Gasteiger partial charge in [0, 0.05) is 9.17 Å². The van der Waals surface area contributed by atoms with Crippen LogP contribution < -0.4 is 0 Å². The predicted octanol–water partition coefficient (Wildman–Crippen LogP) is 3.67. The van der Waals surface area contributed by atoms with Gasteiger partial charge in [0.15, 0.2) is 0 Å². The molecule has 0 spiro atoms. The fraction of sp³-hybridized carbons (Fsp3) is 0.100. The van der Waals surface area contributed by atoms with E-state index < -0.39 is 5.97 Å². The van der Waals surface area contributed by atoms with Gasteiger partial charge in [-0.3, -0.25) is 0 Å². The van der Waals surface area contributed by atoms with Crippen LogP contribution in [0.2, 0.25) is 0 Å². The fourth-order valence-electron chi connectivity index (χ4n) is 1.28. The molecule has 0 fully saturated rings. The zero-order valence-electron chi connectivity index (χ0n) is 7.37. The summed E-state index contributed by atoms with van der Waals surface area (Å²) in [5, 5.41) is 9.82. The number of carboxylic acids is 1. The number of fused-ring (bicyclic) bond motifs is 1. The zero-order chi connectivity index (χ0) is 10.3. The van der Waals surface area contributed by atoms with Crippen LogP contribution in [0.15, 0.2) is 22.7 Å². The highest BCUT2D eigenvalue weighted by molar-refractivity contribution is 9.10. The predicted molar refractivity (Wildman–Crippen MR) is 61.2 cm³/mol. The van der Waals surface area contributed by atoms with Gasteiger partial charge in [0.1, 0.15) is 4.88 Å². The summed E-state index contributed by atoms with van der Waals surface area (Å²) in [6, 6.07) is 5.66. The molecular weight excluding hydrogens is 264 g/mol. The van der Waals surface area contributed by atoms with E-state index in [1.807, 2.05) is 19.1 Å². The van der Waals surface area contributed by atoms with Crippen LogP contribution in [0.1, 0.15) is 15.2 Å². The summed E-state index contributed by atoms with van der Waals surface area (Å²) >= 11 is 4.72. The van der Waals surface area contributed by atoms with Crippen molar-refractivity contribution in [2.75, 3.05) is 0 Å². The summed E-state index contributed by atoms with van der Waals surface area (Å²) < 4.78 is 2.02. The number of aryl methyl sites for hydroxylation is 1. The summed E-state index contributed by atoms with van der Waals surface area (Å²) in [6.07, 6.45) is 0. The third-order valence-corrected chi connectivity index (χ3v) is 3.95. The molecule has 0 amide bonds. The van der Waals surface area contributed by atoms with Gasteiger partial charge in [-0.25, -0.2) is 4.79 Å². The second-order valence-electron chi connectivity index (χ2n) is 3.06. The van der Waals surface area contributed by atoms with E-state index in [2.05, 4.69) is 15.9 Å². The van der Waals surface area contributed by atoms with Crippen molar-refractivity contribution in [1.82, 2.24) is 0 Å². The molecule has 0 atom stereocenters. The Morgan fingerprint density at radius 3 is 2.79 bits per heavy atom. The van der Waals surface area contributed by atoms with Crippen molar-refractivity contribution in [1.29, 1.82) is 0 Å². The van der Waals surface area contributed by atoms with Crippen LogP contribution in [0, 0.1) is 6.92 Å². The first kappa shape index (κ1) is 9.68. The number of benzene rings is 1. The van der Waals surface area contributed by atoms with Gasteiger partial charge in [0.2, 0.25) is 0 Å². The first-order valence-electron chi connectivity index (χ1n) is 4.01. The standard InChI is InChI=1S/C10H7BrO2S/c1-5-2-6-3-9(10(12)13)14-8(6)4-7(5)11/h2-4H,1H3,(H,12,13). The molecule has 14 heavy (non-hydrogen) atoms. The fourth-order valence-corrected chi connectivity index (χ4v) is 2.70. The maximum absolute atomic E-state index is 10.7. The Bertz CT molecular complexity index is 477. The number of thiophene rings is 1.